The number of rotatable bonds is 4. The Morgan fingerprint density at radius 3 is 2.78 bits per heavy atom. The van der Waals surface area contributed by atoms with E-state index in [-0.39, 0.29) is 11.9 Å². The van der Waals surface area contributed by atoms with E-state index >= 15 is 0 Å². The van der Waals surface area contributed by atoms with Crippen LogP contribution in [-0.4, -0.2) is 16.1 Å². The molecule has 1 N–H and O–H groups in total. The van der Waals surface area contributed by atoms with Crippen molar-refractivity contribution in [2.45, 2.75) is 19.9 Å². The number of imidazole rings is 1. The lowest BCUT2D eigenvalue weighted by atomic mass is 10.0. The quantitative estimate of drug-likeness (QED) is 0.900. The minimum Gasteiger partial charge on any atom is -0.340 e. The number of benzene rings is 1. The van der Waals surface area contributed by atoms with Crippen molar-refractivity contribution >= 4 is 0 Å². The van der Waals surface area contributed by atoms with E-state index in [9.17, 15) is 4.39 Å². The lowest BCUT2D eigenvalue weighted by Gasteiger charge is -2.16. The summed E-state index contributed by atoms with van der Waals surface area (Å²) in [5.74, 6) is -0.175. The van der Waals surface area contributed by atoms with E-state index in [2.05, 4.69) is 10.3 Å². The average Bonchev–Trinajstić information content (AvgIpc) is 2.76. The van der Waals surface area contributed by atoms with Crippen LogP contribution in [0.2, 0.25) is 0 Å². The largest absolute Gasteiger partial charge is 0.340 e. The minimum absolute atomic E-state index is 0.0636. The molecule has 96 valence electrons. The molecule has 4 heteroatoms. The van der Waals surface area contributed by atoms with Crippen LogP contribution < -0.4 is 5.32 Å². The van der Waals surface area contributed by atoms with Crippen molar-refractivity contribution in [3.05, 3.63) is 53.4 Å². The summed E-state index contributed by atoms with van der Waals surface area (Å²) >= 11 is 0. The summed E-state index contributed by atoms with van der Waals surface area (Å²) in [6.07, 6.45) is 3.70. The Hall–Kier alpha value is -1.68. The summed E-state index contributed by atoms with van der Waals surface area (Å²) < 4.78 is 15.5. The summed E-state index contributed by atoms with van der Waals surface area (Å²) in [7, 11) is 1.93. The van der Waals surface area contributed by atoms with Crippen LogP contribution in [0, 0.1) is 12.7 Å². The van der Waals surface area contributed by atoms with Crippen LogP contribution in [0.25, 0.3) is 0 Å². The second kappa shape index (κ2) is 5.31. The fraction of sp³-hybridized carbons (Fsp3) is 0.357. The van der Waals surface area contributed by atoms with E-state index in [0.29, 0.717) is 5.56 Å². The van der Waals surface area contributed by atoms with E-state index in [1.54, 1.807) is 25.4 Å². The SMILES string of the molecule is CCNC(c1ccc(C)c(F)c1)c1cn(C)cn1. The van der Waals surface area contributed by atoms with Gasteiger partial charge in [-0.3, -0.25) is 0 Å². The van der Waals surface area contributed by atoms with Gasteiger partial charge in [0, 0.05) is 13.2 Å². The van der Waals surface area contributed by atoms with Crippen LogP contribution in [-0.2, 0) is 7.05 Å². The molecule has 0 aliphatic heterocycles. The molecular weight excluding hydrogens is 229 g/mol. The van der Waals surface area contributed by atoms with Gasteiger partial charge in [0.1, 0.15) is 5.82 Å². The monoisotopic (exact) mass is 247 g/mol. The number of hydrogen-bond acceptors (Lipinski definition) is 2. The summed E-state index contributed by atoms with van der Waals surface area (Å²) in [6.45, 7) is 4.60. The molecule has 2 aromatic rings. The molecule has 2 rings (SSSR count). The van der Waals surface area contributed by atoms with Gasteiger partial charge < -0.3 is 9.88 Å². The van der Waals surface area contributed by atoms with Gasteiger partial charge in [0.2, 0.25) is 0 Å². The molecule has 1 aromatic heterocycles. The normalized spacial score (nSPS) is 12.7. The first-order valence-corrected chi connectivity index (χ1v) is 6.09. The van der Waals surface area contributed by atoms with E-state index in [1.807, 2.05) is 30.8 Å². The average molecular weight is 247 g/mol. The van der Waals surface area contributed by atoms with Gasteiger partial charge in [0.05, 0.1) is 18.1 Å². The van der Waals surface area contributed by atoms with Crippen molar-refractivity contribution in [3.63, 3.8) is 0 Å². The van der Waals surface area contributed by atoms with Crippen LogP contribution in [0.5, 0.6) is 0 Å². The van der Waals surface area contributed by atoms with E-state index in [4.69, 9.17) is 0 Å². The maximum Gasteiger partial charge on any atom is 0.126 e. The molecule has 0 amide bonds. The topological polar surface area (TPSA) is 29.9 Å². The Morgan fingerprint density at radius 1 is 1.44 bits per heavy atom. The van der Waals surface area contributed by atoms with Gasteiger partial charge in [-0.15, -0.1) is 0 Å². The molecule has 0 spiro atoms. The van der Waals surface area contributed by atoms with E-state index in [1.165, 1.54) is 0 Å². The van der Waals surface area contributed by atoms with Gasteiger partial charge in [-0.1, -0.05) is 19.1 Å². The van der Waals surface area contributed by atoms with Gasteiger partial charge in [0.25, 0.3) is 0 Å². The standard InChI is InChI=1S/C14H18FN3/c1-4-16-14(13-8-18(3)9-17-13)11-6-5-10(2)12(15)7-11/h5-9,14,16H,4H2,1-3H3. The van der Waals surface area contributed by atoms with Gasteiger partial charge in [-0.05, 0) is 30.7 Å². The third kappa shape index (κ3) is 2.59. The molecule has 0 bridgehead atoms. The first-order chi connectivity index (χ1) is 8.61. The van der Waals surface area contributed by atoms with Crippen LogP contribution >= 0.6 is 0 Å². The van der Waals surface area contributed by atoms with Crippen LogP contribution in [0.1, 0.15) is 29.8 Å². The first-order valence-electron chi connectivity index (χ1n) is 6.09. The predicted molar refractivity (Wildman–Crippen MR) is 69.9 cm³/mol. The van der Waals surface area contributed by atoms with E-state index < -0.39 is 0 Å². The lowest BCUT2D eigenvalue weighted by Crippen LogP contribution is -2.22. The third-order valence-electron chi connectivity index (χ3n) is 2.96. The lowest BCUT2D eigenvalue weighted by molar-refractivity contribution is 0.592. The van der Waals surface area contributed by atoms with Gasteiger partial charge >= 0.3 is 0 Å². The highest BCUT2D eigenvalue weighted by Gasteiger charge is 2.16. The number of aromatic nitrogens is 2. The molecule has 0 radical (unpaired) electrons. The molecule has 0 aliphatic rings. The maximum atomic E-state index is 13.6. The van der Waals surface area contributed by atoms with Crippen LogP contribution in [0.15, 0.2) is 30.7 Å². The Bertz CT molecular complexity index is 534. The predicted octanol–water partition coefficient (Wildman–Crippen LogP) is 2.57. The number of nitrogens with zero attached hydrogens (tertiary/aromatic N) is 2. The van der Waals surface area contributed by atoms with Gasteiger partial charge in [-0.2, -0.15) is 0 Å². The second-order valence-electron chi connectivity index (χ2n) is 4.46. The Kier molecular flexibility index (Phi) is 3.77. The van der Waals surface area contributed by atoms with Crippen molar-refractivity contribution in [1.82, 2.24) is 14.9 Å². The molecule has 0 aliphatic carbocycles. The number of halogens is 1. The van der Waals surface area contributed by atoms with Crippen molar-refractivity contribution in [2.75, 3.05) is 6.54 Å². The maximum absolute atomic E-state index is 13.6. The van der Waals surface area contributed by atoms with Crippen molar-refractivity contribution in [1.29, 1.82) is 0 Å². The zero-order valence-corrected chi connectivity index (χ0v) is 10.9. The highest BCUT2D eigenvalue weighted by Crippen LogP contribution is 2.22. The van der Waals surface area contributed by atoms with Crippen molar-refractivity contribution < 1.29 is 4.39 Å². The fourth-order valence-corrected chi connectivity index (χ4v) is 1.97. The molecular formula is C14H18FN3. The van der Waals surface area contributed by atoms with Crippen molar-refractivity contribution in [3.8, 4) is 0 Å². The zero-order chi connectivity index (χ0) is 13.1. The van der Waals surface area contributed by atoms with Crippen LogP contribution in [0.3, 0.4) is 0 Å². The molecule has 1 heterocycles. The molecule has 0 fully saturated rings. The zero-order valence-electron chi connectivity index (χ0n) is 10.9. The summed E-state index contributed by atoms with van der Waals surface area (Å²) in [6, 6.07) is 5.27. The van der Waals surface area contributed by atoms with E-state index in [0.717, 1.165) is 17.8 Å². The van der Waals surface area contributed by atoms with Crippen molar-refractivity contribution in [2.24, 2.45) is 7.05 Å². The number of aryl methyl sites for hydroxylation is 2. The summed E-state index contributed by atoms with van der Waals surface area (Å²) in [5.41, 5.74) is 2.47. The smallest absolute Gasteiger partial charge is 0.126 e. The summed E-state index contributed by atoms with van der Waals surface area (Å²) in [4.78, 5) is 4.34. The van der Waals surface area contributed by atoms with Gasteiger partial charge in [-0.25, -0.2) is 9.37 Å². The molecule has 3 nitrogen and oxygen atoms in total. The molecule has 1 unspecified atom stereocenters. The highest BCUT2D eigenvalue weighted by atomic mass is 19.1. The molecule has 1 aromatic carbocycles. The Labute approximate surface area is 107 Å². The minimum atomic E-state index is -0.175. The Balaban J connectivity index is 2.37. The Morgan fingerprint density at radius 2 is 2.22 bits per heavy atom. The van der Waals surface area contributed by atoms with Crippen LogP contribution in [0.4, 0.5) is 4.39 Å². The molecule has 0 saturated heterocycles. The fourth-order valence-electron chi connectivity index (χ4n) is 1.97. The highest BCUT2D eigenvalue weighted by molar-refractivity contribution is 5.30. The molecule has 1 atom stereocenters. The number of hydrogen-bond donors (Lipinski definition) is 1. The first kappa shape index (κ1) is 12.8. The number of nitrogens with one attached hydrogen (secondary N) is 1. The molecule has 18 heavy (non-hydrogen) atoms. The summed E-state index contributed by atoms with van der Waals surface area (Å²) in [5, 5.41) is 3.33. The third-order valence-corrected chi connectivity index (χ3v) is 2.96. The van der Waals surface area contributed by atoms with Gasteiger partial charge in [0.15, 0.2) is 0 Å². The second-order valence-corrected chi connectivity index (χ2v) is 4.46. The molecule has 0 saturated carbocycles.